The quantitative estimate of drug-likeness (QED) is 0.357. The average molecular weight is 358 g/mol. The van der Waals surface area contributed by atoms with Crippen LogP contribution in [0.5, 0.6) is 0 Å². The second-order valence-electron chi connectivity index (χ2n) is 8.44. The minimum atomic E-state index is -1.05. The fraction of sp³-hybridized carbons (Fsp3) is 0.476. The standard InChI is InChI=1S/C21H26O5/c1-8-25-19(24)16(22)14-10-12-9-13(20(2,3)4)11-15(21(5,6)7)17(12)26-18(14)23/h9-11H,8H2,1-7H3. The third kappa shape index (κ3) is 3.87. The smallest absolute Gasteiger partial charge is 0.379 e. The van der Waals surface area contributed by atoms with Crippen LogP contribution in [0.15, 0.2) is 27.4 Å². The summed E-state index contributed by atoms with van der Waals surface area (Å²) in [5.41, 5.74) is 0.852. The van der Waals surface area contributed by atoms with Crippen LogP contribution >= 0.6 is 0 Å². The zero-order chi connectivity index (χ0) is 19.9. The molecule has 0 amide bonds. The van der Waals surface area contributed by atoms with Crippen molar-refractivity contribution >= 4 is 22.7 Å². The Hall–Kier alpha value is -2.43. The minimum absolute atomic E-state index is 0.0613. The number of carbonyl (C=O) groups excluding carboxylic acids is 2. The second kappa shape index (κ2) is 6.71. The molecule has 0 aliphatic carbocycles. The van der Waals surface area contributed by atoms with Gasteiger partial charge in [0.15, 0.2) is 0 Å². The van der Waals surface area contributed by atoms with E-state index in [9.17, 15) is 14.4 Å². The highest BCUT2D eigenvalue weighted by atomic mass is 16.5. The van der Waals surface area contributed by atoms with Gasteiger partial charge in [0.2, 0.25) is 0 Å². The molecule has 0 bridgehead atoms. The summed E-state index contributed by atoms with van der Waals surface area (Å²) in [7, 11) is 0. The zero-order valence-electron chi connectivity index (χ0n) is 16.5. The maximum atomic E-state index is 12.3. The molecular formula is C21H26O5. The number of rotatable bonds is 3. The monoisotopic (exact) mass is 358 g/mol. The molecule has 0 unspecified atom stereocenters. The number of esters is 1. The molecule has 1 aromatic carbocycles. The van der Waals surface area contributed by atoms with Crippen LogP contribution in [0.3, 0.4) is 0 Å². The summed E-state index contributed by atoms with van der Waals surface area (Å²) < 4.78 is 10.2. The highest BCUT2D eigenvalue weighted by Crippen LogP contribution is 2.35. The van der Waals surface area contributed by atoms with Crippen molar-refractivity contribution in [2.45, 2.75) is 59.3 Å². The molecule has 26 heavy (non-hydrogen) atoms. The Labute approximate surface area is 153 Å². The van der Waals surface area contributed by atoms with Gasteiger partial charge in [0.05, 0.1) is 6.61 Å². The van der Waals surface area contributed by atoms with Crippen molar-refractivity contribution in [2.24, 2.45) is 0 Å². The lowest BCUT2D eigenvalue weighted by Gasteiger charge is -2.26. The molecule has 0 atom stereocenters. The van der Waals surface area contributed by atoms with E-state index in [2.05, 4.69) is 20.8 Å². The van der Waals surface area contributed by atoms with Crippen molar-refractivity contribution in [3.63, 3.8) is 0 Å². The Kier molecular flexibility index (Phi) is 5.13. The predicted octanol–water partition coefficient (Wildman–Crippen LogP) is 4.13. The van der Waals surface area contributed by atoms with Crippen molar-refractivity contribution in [2.75, 3.05) is 6.61 Å². The molecule has 0 spiro atoms. The molecule has 5 heteroatoms. The summed E-state index contributed by atoms with van der Waals surface area (Å²) in [6.07, 6.45) is 0. The van der Waals surface area contributed by atoms with Crippen LogP contribution in [0.2, 0.25) is 0 Å². The molecule has 0 radical (unpaired) electrons. The van der Waals surface area contributed by atoms with Gasteiger partial charge in [0.1, 0.15) is 11.1 Å². The number of ketones is 1. The predicted molar refractivity (Wildman–Crippen MR) is 101 cm³/mol. The van der Waals surface area contributed by atoms with Crippen LogP contribution in [0.4, 0.5) is 0 Å². The van der Waals surface area contributed by atoms with E-state index >= 15 is 0 Å². The summed E-state index contributed by atoms with van der Waals surface area (Å²) in [5, 5.41) is 0.620. The van der Waals surface area contributed by atoms with Crippen LogP contribution in [-0.4, -0.2) is 18.4 Å². The molecular weight excluding hydrogens is 332 g/mol. The summed E-state index contributed by atoms with van der Waals surface area (Å²) in [6.45, 7) is 14.0. The SMILES string of the molecule is CCOC(=O)C(=O)c1cc2cc(C(C)(C)C)cc(C(C)(C)C)c2oc1=O. The van der Waals surface area contributed by atoms with Gasteiger partial charge < -0.3 is 9.15 Å². The van der Waals surface area contributed by atoms with E-state index in [0.717, 1.165) is 11.1 Å². The maximum Gasteiger partial charge on any atom is 0.379 e. The number of carbonyl (C=O) groups is 2. The number of benzene rings is 1. The Morgan fingerprint density at radius 3 is 2.12 bits per heavy atom. The van der Waals surface area contributed by atoms with Crippen LogP contribution < -0.4 is 5.63 Å². The van der Waals surface area contributed by atoms with Crippen LogP contribution in [0.1, 0.15) is 70.0 Å². The van der Waals surface area contributed by atoms with Gasteiger partial charge in [-0.15, -0.1) is 0 Å². The summed E-state index contributed by atoms with van der Waals surface area (Å²) >= 11 is 0. The molecule has 0 saturated heterocycles. The average Bonchev–Trinajstić information content (AvgIpc) is 2.50. The van der Waals surface area contributed by atoms with E-state index in [4.69, 9.17) is 9.15 Å². The highest BCUT2D eigenvalue weighted by molar-refractivity contribution is 6.40. The highest BCUT2D eigenvalue weighted by Gasteiger charge is 2.27. The Morgan fingerprint density at radius 1 is 1.00 bits per heavy atom. The van der Waals surface area contributed by atoms with Gasteiger partial charge in [-0.2, -0.15) is 0 Å². The first-order chi connectivity index (χ1) is 11.9. The number of fused-ring (bicyclic) bond motifs is 1. The fourth-order valence-corrected chi connectivity index (χ4v) is 2.69. The van der Waals surface area contributed by atoms with Crippen molar-refractivity contribution < 1.29 is 18.7 Å². The lowest BCUT2D eigenvalue weighted by molar-refractivity contribution is -0.137. The van der Waals surface area contributed by atoms with E-state index < -0.39 is 17.4 Å². The molecule has 2 aromatic rings. The van der Waals surface area contributed by atoms with E-state index in [0.29, 0.717) is 11.0 Å². The number of Topliss-reactive ketones (excluding diaryl/α,β-unsaturated/α-hetero) is 1. The lowest BCUT2D eigenvalue weighted by atomic mass is 9.79. The molecule has 0 saturated carbocycles. The largest absolute Gasteiger partial charge is 0.460 e. The third-order valence-electron chi connectivity index (χ3n) is 4.21. The molecule has 1 aromatic heterocycles. The molecule has 0 aliphatic rings. The van der Waals surface area contributed by atoms with Gasteiger partial charge in [-0.1, -0.05) is 47.6 Å². The summed E-state index contributed by atoms with van der Waals surface area (Å²) in [6, 6.07) is 5.37. The zero-order valence-corrected chi connectivity index (χ0v) is 16.5. The topological polar surface area (TPSA) is 73.6 Å². The van der Waals surface area contributed by atoms with E-state index in [1.165, 1.54) is 6.07 Å². The van der Waals surface area contributed by atoms with Gasteiger partial charge in [-0.3, -0.25) is 4.79 Å². The van der Waals surface area contributed by atoms with E-state index in [1.807, 2.05) is 32.9 Å². The van der Waals surface area contributed by atoms with Gasteiger partial charge >= 0.3 is 11.6 Å². The van der Waals surface area contributed by atoms with Crippen molar-refractivity contribution in [3.8, 4) is 0 Å². The minimum Gasteiger partial charge on any atom is -0.460 e. The number of hydrogen-bond acceptors (Lipinski definition) is 5. The molecule has 1 heterocycles. The summed E-state index contributed by atoms with van der Waals surface area (Å²) in [5.74, 6) is -2.04. The van der Waals surface area contributed by atoms with Crippen molar-refractivity contribution in [1.82, 2.24) is 0 Å². The normalized spacial score (nSPS) is 12.3. The molecule has 0 N–H and O–H groups in total. The fourth-order valence-electron chi connectivity index (χ4n) is 2.69. The second-order valence-corrected chi connectivity index (χ2v) is 8.44. The molecule has 140 valence electrons. The Bertz CT molecular complexity index is 920. The maximum absolute atomic E-state index is 12.3. The first kappa shape index (κ1) is 19.9. The van der Waals surface area contributed by atoms with E-state index in [1.54, 1.807) is 6.92 Å². The Morgan fingerprint density at radius 2 is 1.62 bits per heavy atom. The number of hydrogen-bond donors (Lipinski definition) is 0. The van der Waals surface area contributed by atoms with Gasteiger partial charge in [-0.25, -0.2) is 9.59 Å². The Balaban J connectivity index is 2.80. The number of ether oxygens (including phenoxy) is 1. The molecule has 0 fully saturated rings. The first-order valence-corrected chi connectivity index (χ1v) is 8.70. The molecule has 0 aliphatic heterocycles. The summed E-state index contributed by atoms with van der Waals surface area (Å²) in [4.78, 5) is 36.3. The van der Waals surface area contributed by atoms with Crippen LogP contribution in [0.25, 0.3) is 11.0 Å². The van der Waals surface area contributed by atoms with Crippen molar-refractivity contribution in [3.05, 3.63) is 45.3 Å². The first-order valence-electron chi connectivity index (χ1n) is 8.70. The lowest BCUT2D eigenvalue weighted by Crippen LogP contribution is -2.24. The van der Waals surface area contributed by atoms with Crippen LogP contribution in [-0.2, 0) is 20.4 Å². The molecule has 2 rings (SSSR count). The van der Waals surface area contributed by atoms with Crippen LogP contribution in [0, 0.1) is 0 Å². The van der Waals surface area contributed by atoms with Crippen molar-refractivity contribution in [1.29, 1.82) is 0 Å². The van der Waals surface area contributed by atoms with Gasteiger partial charge in [0, 0.05) is 10.9 Å². The van der Waals surface area contributed by atoms with Gasteiger partial charge in [-0.05, 0) is 35.4 Å². The van der Waals surface area contributed by atoms with E-state index in [-0.39, 0.29) is 23.0 Å². The van der Waals surface area contributed by atoms with Gasteiger partial charge in [0.25, 0.3) is 5.78 Å². The third-order valence-corrected chi connectivity index (χ3v) is 4.21. The molecule has 5 nitrogen and oxygen atoms in total.